The molecule has 0 N–H and O–H groups in total. The van der Waals surface area contributed by atoms with Gasteiger partial charge in [-0.05, 0) is 24.3 Å². The second-order valence-electron chi connectivity index (χ2n) is 17.8. The second-order valence-corrected chi connectivity index (χ2v) is 17.8. The van der Waals surface area contributed by atoms with Crippen molar-refractivity contribution in [2.24, 2.45) is 7.05 Å². The minimum absolute atomic E-state index is 0. The first-order valence-electron chi connectivity index (χ1n) is 24.7. The Morgan fingerprint density at radius 3 is 0.959 bits per heavy atom. The van der Waals surface area contributed by atoms with E-state index < -0.39 is 0 Å². The quantitative estimate of drug-likeness (QED) is 0.0604. The largest absolute Gasteiger partial charge is 2.00 e. The first-order chi connectivity index (χ1) is 35.8. The summed E-state index contributed by atoms with van der Waals surface area (Å²) in [6, 6.07) is 8.39. The second kappa shape index (κ2) is 25.3. The molecule has 0 amide bonds. The van der Waals surface area contributed by atoms with Crippen LogP contribution in [0.15, 0.2) is 73.8 Å². The molecule has 0 fully saturated rings. The molecule has 0 atom stereocenters. The van der Waals surface area contributed by atoms with Gasteiger partial charge in [-0.15, -0.1) is 22.1 Å². The summed E-state index contributed by atoms with van der Waals surface area (Å²) in [5.74, 6) is 3.67. The molecular formula is C54H68MnN12O7+4. The number of hydrogen-bond donors (Lipinski definition) is 0. The van der Waals surface area contributed by atoms with Gasteiger partial charge in [0.2, 0.25) is 0 Å². The Kier molecular flexibility index (Phi) is 18.4. The Labute approximate surface area is 442 Å². The zero-order valence-electron chi connectivity index (χ0n) is 43.7. The van der Waals surface area contributed by atoms with Gasteiger partial charge in [0.05, 0.1) is 98.3 Å². The van der Waals surface area contributed by atoms with Gasteiger partial charge in [-0.25, -0.2) is 46.5 Å². The molecular weight excluding hydrogens is 984 g/mol. The molecule has 0 saturated heterocycles. The number of aryl methyl sites for hydroxylation is 1. The Balaban J connectivity index is 0.00000729. The van der Waals surface area contributed by atoms with Crippen molar-refractivity contribution in [1.29, 1.82) is 0 Å². The van der Waals surface area contributed by atoms with Crippen molar-refractivity contribution in [2.45, 2.75) is 45.8 Å². The topological polar surface area (TPSA) is 154 Å². The Hall–Kier alpha value is -6.32. The van der Waals surface area contributed by atoms with Crippen molar-refractivity contribution in [1.82, 2.24) is 38.2 Å². The summed E-state index contributed by atoms with van der Waals surface area (Å²) in [7, 11) is 14.1. The number of methoxy groups -OCH3 is 7. The number of aromatic nitrogens is 12. The van der Waals surface area contributed by atoms with Crippen molar-refractivity contribution in [3.05, 3.63) is 96.6 Å². The smallest absolute Gasteiger partial charge is 0.656 e. The zero-order chi connectivity index (χ0) is 50.8. The summed E-state index contributed by atoms with van der Waals surface area (Å²) in [4.78, 5) is 22.6. The van der Waals surface area contributed by atoms with E-state index in [1.54, 1.807) is 49.8 Å². The summed E-state index contributed by atoms with van der Waals surface area (Å²) < 4.78 is 57.3. The van der Waals surface area contributed by atoms with Crippen LogP contribution < -0.4 is 28.2 Å². The van der Waals surface area contributed by atoms with Crippen molar-refractivity contribution in [3.8, 4) is 45.6 Å². The van der Waals surface area contributed by atoms with Crippen LogP contribution in [0.4, 0.5) is 0 Å². The van der Waals surface area contributed by atoms with Gasteiger partial charge in [0.1, 0.15) is 95.4 Å². The van der Waals surface area contributed by atoms with Crippen LogP contribution >= 0.6 is 0 Å². The van der Waals surface area contributed by atoms with Crippen molar-refractivity contribution < 1.29 is 68.5 Å². The van der Waals surface area contributed by atoms with Gasteiger partial charge in [-0.2, -0.15) is 0 Å². The van der Waals surface area contributed by atoms with E-state index in [0.717, 1.165) is 90.4 Å². The number of hydrogen-bond acceptors (Lipinski definition) is 9. The predicted octanol–water partition coefficient (Wildman–Crippen LogP) is 4.00. The molecule has 389 valence electrons. The number of imidazole rings is 4. The molecule has 74 heavy (non-hydrogen) atoms. The van der Waals surface area contributed by atoms with Crippen LogP contribution in [0.1, 0.15) is 22.8 Å². The third-order valence-electron chi connectivity index (χ3n) is 13.2. The standard InChI is InChI=1S/C54H68N12O7.Mn/c1-59-17-18-60(25-32-67-2)51(59)47-39-9-11-41(55-39)48(52-61(26-33-68-3)19-20-62(52)27-34-69-4)43-13-15-45(57-43)50(54-65(30-37-72-7)23-24-66(54)31-38-73-8)46-16-14-44(58-46)49(42-12-10-40(47)56-42)53-63(28-35-70-5)21-22-64(53)29-36-71-6;/h9-24H,25-38H2,1-8H3;/q2*+2. The molecule has 0 saturated carbocycles. The van der Waals surface area contributed by atoms with Crippen molar-refractivity contribution >= 4 is 46.4 Å². The number of ether oxygens (including phenoxy) is 7. The minimum atomic E-state index is 0. The molecule has 0 unspecified atom stereocenters. The third kappa shape index (κ3) is 11.1. The molecule has 0 spiro atoms. The summed E-state index contributed by atoms with van der Waals surface area (Å²) in [5.41, 5.74) is 9.34. The van der Waals surface area contributed by atoms with E-state index in [2.05, 4.69) is 142 Å². The van der Waals surface area contributed by atoms with Crippen LogP contribution in [0.25, 0.3) is 91.9 Å². The Bertz CT molecular complexity index is 3130. The van der Waals surface area contributed by atoms with Crippen LogP contribution in [0.3, 0.4) is 0 Å². The Morgan fingerprint density at radius 1 is 0.392 bits per heavy atom. The molecule has 7 aromatic rings. The van der Waals surface area contributed by atoms with E-state index >= 15 is 0 Å². The zero-order valence-corrected chi connectivity index (χ0v) is 44.9. The molecule has 0 aliphatic carbocycles. The predicted molar refractivity (Wildman–Crippen MR) is 275 cm³/mol. The normalized spacial score (nSPS) is 12.2. The maximum Gasteiger partial charge on any atom is 2.00 e. The number of rotatable bonds is 25. The molecule has 1 radical (unpaired) electrons. The molecule has 2 aliphatic heterocycles. The minimum Gasteiger partial charge on any atom is -0.656 e. The van der Waals surface area contributed by atoms with Crippen molar-refractivity contribution in [3.63, 3.8) is 0 Å². The maximum absolute atomic E-state index is 5.68. The fourth-order valence-electron chi connectivity index (χ4n) is 9.70. The molecule has 9 rings (SSSR count). The monoisotopic (exact) mass is 1050 g/mol. The summed E-state index contributed by atoms with van der Waals surface area (Å²) >= 11 is 0. The molecule has 19 nitrogen and oxygen atoms in total. The first kappa shape index (κ1) is 54.0. The van der Waals surface area contributed by atoms with E-state index in [1.807, 2.05) is 0 Å². The average Bonchev–Trinajstić information content (AvgIpc) is 4.27. The first-order valence-corrected chi connectivity index (χ1v) is 24.7. The SMILES string of the molecule is COCCn1cc[n+](CCOC)c1-c1c2nc(c(-c3n(CCOC)cc[n+]3CCOC)c3ccc([n-]3)c(-c3n(CCOC)cc[n+]3CCOC)c3nc(c(-c4n(C)cc[n+]4CCOC)c4ccc1[n-]4)C=C3)C=C2.[Mn+2]. The van der Waals surface area contributed by atoms with Gasteiger partial charge >= 0.3 is 17.1 Å². The van der Waals surface area contributed by atoms with Gasteiger partial charge in [0.25, 0.3) is 23.3 Å². The van der Waals surface area contributed by atoms with Crippen LogP contribution in [0.5, 0.6) is 0 Å². The maximum atomic E-state index is 5.68. The van der Waals surface area contributed by atoms with Crippen molar-refractivity contribution in [2.75, 3.05) is 96.0 Å². The van der Waals surface area contributed by atoms with E-state index in [-0.39, 0.29) is 17.1 Å². The van der Waals surface area contributed by atoms with Crippen LogP contribution in [-0.4, -0.2) is 124 Å². The number of fused-ring (bicyclic) bond motifs is 8. The summed E-state index contributed by atoms with van der Waals surface area (Å²) in [6.07, 6.45) is 25.1. The molecule has 2 aliphatic rings. The molecule has 0 aromatic carbocycles. The fourth-order valence-corrected chi connectivity index (χ4v) is 9.70. The number of nitrogens with zero attached hydrogens (tertiary/aromatic N) is 12. The molecule has 9 heterocycles. The van der Waals surface area contributed by atoms with E-state index in [1.165, 1.54) is 0 Å². The third-order valence-corrected chi connectivity index (χ3v) is 13.2. The van der Waals surface area contributed by atoms with Gasteiger partial charge in [0.15, 0.2) is 0 Å². The average molecular weight is 1050 g/mol. The van der Waals surface area contributed by atoms with Gasteiger partial charge < -0.3 is 43.1 Å². The summed E-state index contributed by atoms with van der Waals surface area (Å²) in [5, 5.41) is 0. The van der Waals surface area contributed by atoms with E-state index in [0.29, 0.717) is 92.1 Å². The van der Waals surface area contributed by atoms with Gasteiger partial charge in [-0.1, -0.05) is 24.3 Å². The van der Waals surface area contributed by atoms with Crippen LogP contribution in [-0.2, 0) is 103 Å². The Morgan fingerprint density at radius 2 is 0.662 bits per heavy atom. The van der Waals surface area contributed by atoms with Gasteiger partial charge in [0, 0.05) is 49.8 Å². The van der Waals surface area contributed by atoms with E-state index in [9.17, 15) is 0 Å². The fraction of sp³-hybridized carbons (Fsp3) is 0.407. The van der Waals surface area contributed by atoms with Gasteiger partial charge in [-0.3, -0.25) is 0 Å². The van der Waals surface area contributed by atoms with Crippen LogP contribution in [0.2, 0.25) is 0 Å². The molecule has 8 bridgehead atoms. The summed E-state index contributed by atoms with van der Waals surface area (Å²) in [6.45, 7) is 7.71. The molecule has 20 heteroatoms. The van der Waals surface area contributed by atoms with E-state index in [4.69, 9.17) is 53.1 Å². The molecule has 7 aromatic heterocycles. The van der Waals surface area contributed by atoms with Crippen LogP contribution in [0, 0.1) is 0 Å².